The fourth-order valence-electron chi connectivity index (χ4n) is 6.83. The van der Waals surface area contributed by atoms with Crippen molar-refractivity contribution < 1.29 is 10.6 Å². The van der Waals surface area contributed by atoms with E-state index in [0.717, 1.165) is 19.5 Å². The Labute approximate surface area is 199 Å². The summed E-state index contributed by atoms with van der Waals surface area (Å²) in [7, 11) is 0. The Hall–Kier alpha value is -2.33. The van der Waals surface area contributed by atoms with Crippen molar-refractivity contribution >= 4 is 5.91 Å². The number of nitrogens with zero attached hydrogens (tertiary/aromatic N) is 1. The Morgan fingerprint density at radius 3 is 2.70 bits per heavy atom. The first-order valence-corrected chi connectivity index (χ1v) is 12.7. The first kappa shape index (κ1) is 22.5. The minimum Gasteiger partial charge on any atom is -0.472 e. The van der Waals surface area contributed by atoms with E-state index >= 15 is 0 Å². The van der Waals surface area contributed by atoms with Crippen LogP contribution in [0.3, 0.4) is 0 Å². The molecule has 1 atom stereocenters. The van der Waals surface area contributed by atoms with E-state index in [1.807, 2.05) is 0 Å². The summed E-state index contributed by atoms with van der Waals surface area (Å²) < 4.78 is 5.11. The second-order valence-corrected chi connectivity index (χ2v) is 11.2. The summed E-state index contributed by atoms with van der Waals surface area (Å²) in [6.45, 7) is 10.7. The predicted molar refractivity (Wildman–Crippen MR) is 134 cm³/mol. The number of piperidine rings is 1. The summed E-state index contributed by atoms with van der Waals surface area (Å²) in [5.74, 6) is -0.0446. The summed E-state index contributed by atoms with van der Waals surface area (Å²) in [5, 5.41) is 3.28. The summed E-state index contributed by atoms with van der Waals surface area (Å²) in [6.07, 6.45) is 11.6. The van der Waals surface area contributed by atoms with Crippen LogP contribution in [0.25, 0.3) is 0 Å². The summed E-state index contributed by atoms with van der Waals surface area (Å²) in [6, 6.07) is 10.6. The van der Waals surface area contributed by atoms with Gasteiger partial charge >= 0.3 is 0 Å². The second kappa shape index (κ2) is 8.79. The number of allylic oxidation sites excluding steroid dienone is 1. The van der Waals surface area contributed by atoms with E-state index < -0.39 is 0 Å². The van der Waals surface area contributed by atoms with Crippen molar-refractivity contribution in [2.45, 2.75) is 77.2 Å². The van der Waals surface area contributed by atoms with Crippen LogP contribution in [0.2, 0.25) is 0 Å². The molecule has 0 unspecified atom stereocenters. The van der Waals surface area contributed by atoms with E-state index in [1.165, 1.54) is 62.5 Å². The van der Waals surface area contributed by atoms with E-state index in [0.29, 0.717) is 11.0 Å². The van der Waals surface area contributed by atoms with Gasteiger partial charge in [-0.3, -0.25) is 4.79 Å². The Bertz CT molecular complexity index is 1030. The number of rotatable bonds is 5. The van der Waals surface area contributed by atoms with Crippen LogP contribution in [0.15, 0.2) is 58.4 Å². The number of carbonyl (C=O) groups is 1. The van der Waals surface area contributed by atoms with Crippen molar-refractivity contribution in [1.82, 2.24) is 10.2 Å². The Morgan fingerprint density at radius 1 is 1.18 bits per heavy atom. The highest BCUT2D eigenvalue weighted by molar-refractivity contribution is 5.94. The number of fused-ring (bicyclic) bond motifs is 2. The molecule has 3 aliphatic rings. The van der Waals surface area contributed by atoms with E-state index in [4.69, 9.17) is 4.42 Å². The number of furan rings is 1. The molecule has 1 amide bonds. The summed E-state index contributed by atoms with van der Waals surface area (Å²) >= 11 is 0. The molecule has 1 aliphatic heterocycles. The number of hydrogen-bond donors (Lipinski definition) is 1. The molecule has 2 aliphatic carbocycles. The normalized spacial score (nSPS) is 24.2. The van der Waals surface area contributed by atoms with Crippen LogP contribution in [0.1, 0.15) is 94.7 Å². The van der Waals surface area contributed by atoms with E-state index in [1.54, 1.807) is 23.5 Å². The lowest BCUT2D eigenvalue weighted by Gasteiger charge is -2.41. The number of hydrogen-bond acceptors (Lipinski definition) is 3. The minimum absolute atomic E-state index is 0. The average Bonchev–Trinajstić information content (AvgIpc) is 3.43. The first-order chi connectivity index (χ1) is 15.9. The molecular formula is C29H40N2O2. The molecule has 1 saturated heterocycles. The number of nitrogens with one attached hydrogen (secondary N) is 1. The van der Waals surface area contributed by atoms with Gasteiger partial charge in [0.25, 0.3) is 5.91 Å². The van der Waals surface area contributed by atoms with E-state index in [9.17, 15) is 4.79 Å². The van der Waals surface area contributed by atoms with Crippen molar-refractivity contribution in [3.05, 3.63) is 70.7 Å². The highest BCUT2D eigenvalue weighted by Crippen LogP contribution is 2.51. The van der Waals surface area contributed by atoms with Crippen molar-refractivity contribution in [2.24, 2.45) is 5.41 Å². The average molecular weight is 449 g/mol. The maximum atomic E-state index is 12.7. The van der Waals surface area contributed by atoms with Crippen LogP contribution in [0.4, 0.5) is 0 Å². The van der Waals surface area contributed by atoms with Gasteiger partial charge < -0.3 is 14.6 Å². The predicted octanol–water partition coefficient (Wildman–Crippen LogP) is 6.65. The van der Waals surface area contributed by atoms with Gasteiger partial charge in [0, 0.05) is 13.4 Å². The van der Waals surface area contributed by atoms with E-state index in [-0.39, 0.29) is 18.8 Å². The lowest BCUT2D eigenvalue weighted by Crippen LogP contribution is -2.42. The molecule has 2 heterocycles. The Balaban J connectivity index is 0.00000274. The van der Waals surface area contributed by atoms with Crippen LogP contribution in [0, 0.1) is 5.41 Å². The number of carbonyl (C=O) groups excluding carboxylic acids is 1. The standard InChI is InChI=1S/C29H38N2O2.H2/c1-21-7-6-12-28(2,3)24(21)10-15-31-16-13-29(14-17-31)19-26(23-8-4-5-9-25(23)29)30-27(32)22-11-18-33-20-22;/h4-5,8-9,11,18,20,26H,6-7,10,12-17,19H2,1-3H3,(H,30,32);1H/t26-;/m0./s1. The highest BCUT2D eigenvalue weighted by Gasteiger charge is 2.45. The van der Waals surface area contributed by atoms with Gasteiger partial charge in [-0.2, -0.15) is 0 Å². The van der Waals surface area contributed by atoms with Gasteiger partial charge in [-0.05, 0) is 87.6 Å². The molecule has 1 aromatic carbocycles. The van der Waals surface area contributed by atoms with Crippen molar-refractivity contribution in [3.63, 3.8) is 0 Å². The molecule has 2 aromatic rings. The van der Waals surface area contributed by atoms with Gasteiger partial charge in [-0.1, -0.05) is 49.3 Å². The molecular weight excluding hydrogens is 408 g/mol. The van der Waals surface area contributed by atoms with Gasteiger partial charge in [-0.15, -0.1) is 0 Å². The molecule has 0 bridgehead atoms. The number of amides is 1. The quantitative estimate of drug-likeness (QED) is 0.521. The van der Waals surface area contributed by atoms with Gasteiger partial charge in [0.1, 0.15) is 6.26 Å². The van der Waals surface area contributed by atoms with Crippen LogP contribution in [-0.2, 0) is 5.41 Å². The summed E-state index contributed by atoms with van der Waals surface area (Å²) in [5.41, 5.74) is 7.24. The lowest BCUT2D eigenvalue weighted by molar-refractivity contribution is 0.0924. The lowest BCUT2D eigenvalue weighted by atomic mass is 9.71. The maximum absolute atomic E-state index is 12.7. The molecule has 1 fully saturated rings. The molecule has 4 heteroatoms. The molecule has 0 saturated carbocycles. The fraction of sp³-hybridized carbons (Fsp3) is 0.552. The number of benzene rings is 1. The smallest absolute Gasteiger partial charge is 0.255 e. The minimum atomic E-state index is -0.0446. The molecule has 0 radical (unpaired) electrons. The molecule has 178 valence electrons. The Morgan fingerprint density at radius 2 is 1.97 bits per heavy atom. The first-order valence-electron chi connectivity index (χ1n) is 12.7. The van der Waals surface area contributed by atoms with Gasteiger partial charge in [0.2, 0.25) is 0 Å². The van der Waals surface area contributed by atoms with Gasteiger partial charge in [0.05, 0.1) is 17.9 Å². The second-order valence-electron chi connectivity index (χ2n) is 11.2. The zero-order valence-corrected chi connectivity index (χ0v) is 20.5. The van der Waals surface area contributed by atoms with Crippen LogP contribution < -0.4 is 5.32 Å². The van der Waals surface area contributed by atoms with Crippen LogP contribution in [0.5, 0.6) is 0 Å². The fourth-order valence-corrected chi connectivity index (χ4v) is 6.83. The Kier molecular flexibility index (Phi) is 5.98. The van der Waals surface area contributed by atoms with Crippen LogP contribution in [-0.4, -0.2) is 30.4 Å². The molecule has 33 heavy (non-hydrogen) atoms. The molecule has 4 nitrogen and oxygen atoms in total. The number of likely N-dealkylation sites (tertiary alicyclic amines) is 1. The third-order valence-corrected chi connectivity index (χ3v) is 8.77. The monoisotopic (exact) mass is 448 g/mol. The van der Waals surface area contributed by atoms with E-state index in [2.05, 4.69) is 55.3 Å². The summed E-state index contributed by atoms with van der Waals surface area (Å²) in [4.78, 5) is 15.4. The highest BCUT2D eigenvalue weighted by atomic mass is 16.3. The SMILES string of the molecule is CC1=C(CCN2CCC3(CC2)C[C@H](NC(=O)c2ccoc2)c2ccccc23)C(C)(C)CCC1.[HH]. The van der Waals surface area contributed by atoms with Crippen molar-refractivity contribution in [3.8, 4) is 0 Å². The zero-order chi connectivity index (χ0) is 23.1. The largest absolute Gasteiger partial charge is 0.472 e. The van der Waals surface area contributed by atoms with Gasteiger partial charge in [-0.25, -0.2) is 0 Å². The maximum Gasteiger partial charge on any atom is 0.255 e. The van der Waals surface area contributed by atoms with Crippen molar-refractivity contribution in [1.29, 1.82) is 0 Å². The molecule has 1 N–H and O–H groups in total. The molecule has 1 spiro atoms. The van der Waals surface area contributed by atoms with Crippen molar-refractivity contribution in [2.75, 3.05) is 19.6 Å². The third kappa shape index (κ3) is 4.30. The zero-order valence-electron chi connectivity index (χ0n) is 20.5. The third-order valence-electron chi connectivity index (χ3n) is 8.77. The molecule has 1 aromatic heterocycles. The molecule has 5 rings (SSSR count). The van der Waals surface area contributed by atoms with Gasteiger partial charge in [0.15, 0.2) is 0 Å². The van der Waals surface area contributed by atoms with Crippen LogP contribution >= 0.6 is 0 Å². The topological polar surface area (TPSA) is 45.5 Å².